The molecule has 1 N–H and O–H groups in total. The van der Waals surface area contributed by atoms with Gasteiger partial charge in [0.25, 0.3) is 5.91 Å². The lowest BCUT2D eigenvalue weighted by Gasteiger charge is -2.09. The number of rotatable bonds is 4. The number of carbonyl (C=O) groups excluding carboxylic acids is 1. The summed E-state index contributed by atoms with van der Waals surface area (Å²) in [6.45, 7) is 0. The summed E-state index contributed by atoms with van der Waals surface area (Å²) in [6, 6.07) is 15.0. The number of nitrogens with one attached hydrogen (secondary N) is 1. The van der Waals surface area contributed by atoms with Crippen LogP contribution in [0.2, 0.25) is 0 Å². The molecule has 1 aromatic heterocycles. The molecule has 0 aliphatic heterocycles. The number of hydrogen-bond acceptors (Lipinski definition) is 3. The maximum absolute atomic E-state index is 12.4. The van der Waals surface area contributed by atoms with E-state index in [4.69, 9.17) is 4.74 Å². The van der Waals surface area contributed by atoms with Crippen molar-refractivity contribution >= 4 is 27.8 Å². The Morgan fingerprint density at radius 3 is 2.54 bits per heavy atom. The third-order valence-corrected chi connectivity index (χ3v) is 4.41. The Kier molecular flexibility index (Phi) is 4.66. The third-order valence-electron chi connectivity index (χ3n) is 3.72. The lowest BCUT2D eigenvalue weighted by Crippen LogP contribution is -2.15. The molecule has 0 aliphatic carbocycles. The first-order valence-electron chi connectivity index (χ1n) is 7.32. The van der Waals surface area contributed by atoms with Crippen LogP contribution in [0.3, 0.4) is 0 Å². The smallest absolute Gasteiger partial charge is 0.259 e. The number of methoxy groups -OCH3 is 1. The van der Waals surface area contributed by atoms with Crippen LogP contribution < -0.4 is 10.1 Å². The van der Waals surface area contributed by atoms with Crippen LogP contribution in [-0.2, 0) is 7.05 Å². The van der Waals surface area contributed by atoms with E-state index in [1.165, 1.54) is 0 Å². The van der Waals surface area contributed by atoms with Gasteiger partial charge in [-0.15, -0.1) is 0 Å². The summed E-state index contributed by atoms with van der Waals surface area (Å²) in [5.74, 6) is 1.07. The van der Waals surface area contributed by atoms with E-state index < -0.39 is 0 Å². The van der Waals surface area contributed by atoms with Gasteiger partial charge in [0.2, 0.25) is 5.95 Å². The first-order valence-corrected chi connectivity index (χ1v) is 8.11. The number of anilines is 1. The quantitative estimate of drug-likeness (QED) is 0.734. The third kappa shape index (κ3) is 3.19. The monoisotopic (exact) mass is 385 g/mol. The van der Waals surface area contributed by atoms with Gasteiger partial charge < -0.3 is 9.30 Å². The van der Waals surface area contributed by atoms with Gasteiger partial charge in [0.05, 0.1) is 24.6 Å². The molecular weight excluding hydrogens is 370 g/mol. The largest absolute Gasteiger partial charge is 0.497 e. The van der Waals surface area contributed by atoms with Crippen molar-refractivity contribution in [1.82, 2.24) is 9.55 Å². The summed E-state index contributed by atoms with van der Waals surface area (Å²) in [4.78, 5) is 16.7. The molecule has 0 saturated heterocycles. The zero-order valence-electron chi connectivity index (χ0n) is 13.3. The number of benzene rings is 2. The summed E-state index contributed by atoms with van der Waals surface area (Å²) in [5, 5.41) is 2.84. The van der Waals surface area contributed by atoms with Crippen molar-refractivity contribution in [3.63, 3.8) is 0 Å². The van der Waals surface area contributed by atoms with Crippen LogP contribution >= 0.6 is 15.9 Å². The van der Waals surface area contributed by atoms with Gasteiger partial charge in [-0.25, -0.2) is 4.98 Å². The summed E-state index contributed by atoms with van der Waals surface area (Å²) in [5.41, 5.74) is 2.46. The zero-order valence-corrected chi connectivity index (χ0v) is 14.9. The maximum Gasteiger partial charge on any atom is 0.259 e. The maximum atomic E-state index is 12.4. The molecule has 0 spiro atoms. The van der Waals surface area contributed by atoms with E-state index in [-0.39, 0.29) is 5.91 Å². The Morgan fingerprint density at radius 1 is 1.17 bits per heavy atom. The highest BCUT2D eigenvalue weighted by atomic mass is 79.9. The predicted octanol–water partition coefficient (Wildman–Crippen LogP) is 4.11. The summed E-state index contributed by atoms with van der Waals surface area (Å²) < 4.78 is 7.76. The van der Waals surface area contributed by atoms with Crippen molar-refractivity contribution in [3.8, 4) is 17.0 Å². The number of nitrogens with zero attached hydrogens (tertiary/aromatic N) is 2. The fourth-order valence-electron chi connectivity index (χ4n) is 2.37. The SMILES string of the molecule is COc1ccc(-c2cnc(NC(=O)c3ccccc3Br)n2C)cc1. The van der Waals surface area contributed by atoms with Crippen LogP contribution in [-0.4, -0.2) is 22.6 Å². The van der Waals surface area contributed by atoms with Crippen LogP contribution in [0.25, 0.3) is 11.3 Å². The molecular formula is C18H16BrN3O2. The average Bonchev–Trinajstić information content (AvgIpc) is 2.96. The second-order valence-corrected chi connectivity index (χ2v) is 6.04. The highest BCUT2D eigenvalue weighted by molar-refractivity contribution is 9.10. The number of aromatic nitrogens is 2. The predicted molar refractivity (Wildman–Crippen MR) is 97.3 cm³/mol. The van der Waals surface area contributed by atoms with Crippen LogP contribution in [0.4, 0.5) is 5.95 Å². The molecule has 0 fully saturated rings. The molecule has 1 amide bonds. The van der Waals surface area contributed by atoms with Crippen molar-refractivity contribution in [2.24, 2.45) is 7.05 Å². The fraction of sp³-hybridized carbons (Fsp3) is 0.111. The van der Waals surface area contributed by atoms with E-state index >= 15 is 0 Å². The van der Waals surface area contributed by atoms with E-state index in [0.29, 0.717) is 11.5 Å². The van der Waals surface area contributed by atoms with E-state index in [1.807, 2.05) is 54.1 Å². The number of imidazole rings is 1. The molecule has 0 atom stereocenters. The Balaban J connectivity index is 1.84. The van der Waals surface area contributed by atoms with Crippen molar-refractivity contribution in [3.05, 3.63) is 64.8 Å². The van der Waals surface area contributed by atoms with Gasteiger partial charge in [0.1, 0.15) is 5.75 Å². The van der Waals surface area contributed by atoms with Crippen LogP contribution in [0.15, 0.2) is 59.2 Å². The Morgan fingerprint density at radius 2 is 1.88 bits per heavy atom. The molecule has 6 heteroatoms. The van der Waals surface area contributed by atoms with Crippen molar-refractivity contribution < 1.29 is 9.53 Å². The summed E-state index contributed by atoms with van der Waals surface area (Å²) >= 11 is 3.38. The standard InChI is InChI=1S/C18H16BrN3O2/c1-22-16(12-7-9-13(24-2)10-8-12)11-20-18(22)21-17(23)14-5-3-4-6-15(14)19/h3-11H,1-2H3,(H,20,21,23). The number of amides is 1. The van der Waals surface area contributed by atoms with Crippen LogP contribution in [0, 0.1) is 0 Å². The Hall–Kier alpha value is -2.60. The van der Waals surface area contributed by atoms with Crippen molar-refractivity contribution in [2.45, 2.75) is 0 Å². The van der Waals surface area contributed by atoms with Crippen LogP contribution in [0.5, 0.6) is 5.75 Å². The lowest BCUT2D eigenvalue weighted by molar-refractivity contribution is 0.102. The minimum atomic E-state index is -0.211. The van der Waals surface area contributed by atoms with Gasteiger partial charge in [-0.3, -0.25) is 10.1 Å². The fourth-order valence-corrected chi connectivity index (χ4v) is 2.83. The lowest BCUT2D eigenvalue weighted by atomic mass is 10.1. The Bertz CT molecular complexity index is 872. The molecule has 3 rings (SSSR count). The van der Waals surface area contributed by atoms with Crippen LogP contribution in [0.1, 0.15) is 10.4 Å². The first kappa shape index (κ1) is 16.3. The number of ether oxygens (including phenoxy) is 1. The molecule has 0 saturated carbocycles. The van der Waals surface area contributed by atoms with Gasteiger partial charge in [-0.05, 0) is 52.3 Å². The van der Waals surface area contributed by atoms with E-state index in [1.54, 1.807) is 19.4 Å². The van der Waals surface area contributed by atoms with Gasteiger partial charge in [0.15, 0.2) is 0 Å². The molecule has 0 bridgehead atoms. The van der Waals surface area contributed by atoms with E-state index in [0.717, 1.165) is 21.5 Å². The zero-order chi connectivity index (χ0) is 17.1. The first-order chi connectivity index (χ1) is 11.6. The molecule has 0 unspecified atom stereocenters. The topological polar surface area (TPSA) is 56.1 Å². The van der Waals surface area contributed by atoms with E-state index in [2.05, 4.69) is 26.2 Å². The molecule has 0 radical (unpaired) electrons. The van der Waals surface area contributed by atoms with Crippen molar-refractivity contribution in [2.75, 3.05) is 12.4 Å². The number of halogens is 1. The molecule has 1 heterocycles. The van der Waals surface area contributed by atoms with Gasteiger partial charge >= 0.3 is 0 Å². The normalized spacial score (nSPS) is 10.5. The second-order valence-electron chi connectivity index (χ2n) is 5.19. The van der Waals surface area contributed by atoms with E-state index in [9.17, 15) is 4.79 Å². The summed E-state index contributed by atoms with van der Waals surface area (Å²) in [7, 11) is 3.50. The summed E-state index contributed by atoms with van der Waals surface area (Å²) in [6.07, 6.45) is 1.73. The molecule has 122 valence electrons. The minimum Gasteiger partial charge on any atom is -0.497 e. The van der Waals surface area contributed by atoms with Gasteiger partial charge in [0, 0.05) is 17.1 Å². The average molecular weight is 386 g/mol. The number of carbonyl (C=O) groups is 1. The van der Waals surface area contributed by atoms with Gasteiger partial charge in [-0.1, -0.05) is 12.1 Å². The number of hydrogen-bond donors (Lipinski definition) is 1. The van der Waals surface area contributed by atoms with Crippen molar-refractivity contribution in [1.29, 1.82) is 0 Å². The molecule has 24 heavy (non-hydrogen) atoms. The molecule has 3 aromatic rings. The molecule has 5 nitrogen and oxygen atoms in total. The Labute approximate surface area is 148 Å². The minimum absolute atomic E-state index is 0.211. The second kappa shape index (κ2) is 6.88. The highest BCUT2D eigenvalue weighted by Gasteiger charge is 2.14. The molecule has 2 aromatic carbocycles. The van der Waals surface area contributed by atoms with Gasteiger partial charge in [-0.2, -0.15) is 0 Å². The highest BCUT2D eigenvalue weighted by Crippen LogP contribution is 2.25. The molecule has 0 aliphatic rings.